The van der Waals surface area contributed by atoms with E-state index in [2.05, 4.69) is 130 Å². The normalized spacial score (nSPS) is 27.4. The zero-order valence-electron chi connectivity index (χ0n) is 37.2. The highest BCUT2D eigenvalue weighted by molar-refractivity contribution is 14.1. The summed E-state index contributed by atoms with van der Waals surface area (Å²) >= 11 is 9.03. The van der Waals surface area contributed by atoms with Crippen LogP contribution in [0.3, 0.4) is 0 Å². The lowest BCUT2D eigenvalue weighted by Gasteiger charge is -2.55. The summed E-state index contributed by atoms with van der Waals surface area (Å²) in [7, 11) is -5.78. The van der Waals surface area contributed by atoms with Gasteiger partial charge in [-0.25, -0.2) is 0 Å². The first kappa shape index (κ1) is 50.5. The summed E-state index contributed by atoms with van der Waals surface area (Å²) in [5.74, 6) is 5.76. The monoisotopic (exact) mass is 970 g/mol. The van der Waals surface area contributed by atoms with Gasteiger partial charge < -0.3 is 37.0 Å². The quantitative estimate of drug-likeness (QED) is 0.0465. The first-order chi connectivity index (χ1) is 25.9. The number of halogens is 2. The molecule has 0 aromatic heterocycles. The van der Waals surface area contributed by atoms with Crippen LogP contribution < -0.4 is 0 Å². The highest BCUT2D eigenvalue weighted by Gasteiger charge is 2.58. The maximum absolute atomic E-state index is 12.5. The average molecular weight is 972 g/mol. The Kier molecular flexibility index (Phi) is 18.8. The van der Waals surface area contributed by atoms with E-state index in [0.717, 1.165) is 28.1 Å². The highest BCUT2D eigenvalue weighted by Crippen LogP contribution is 2.46. The Morgan fingerprint density at radius 1 is 0.929 bits per heavy atom. The molecule has 3 heterocycles. The third kappa shape index (κ3) is 13.3. The van der Waals surface area contributed by atoms with Gasteiger partial charge in [-0.2, -0.15) is 0 Å². The van der Waals surface area contributed by atoms with E-state index in [-0.39, 0.29) is 40.1 Å². The molecule has 56 heavy (non-hydrogen) atoms. The van der Waals surface area contributed by atoms with E-state index in [9.17, 15) is 4.79 Å². The molecule has 0 radical (unpaired) electrons. The Bertz CT molecular complexity index is 1340. The molecule has 324 valence electrons. The molecule has 3 aliphatic heterocycles. The second kappa shape index (κ2) is 20.8. The van der Waals surface area contributed by atoms with Crippen LogP contribution in [0.4, 0.5) is 0 Å². The Hall–Kier alpha value is 0.161. The summed E-state index contributed by atoms with van der Waals surface area (Å²) in [4.78, 5) is 12.5. The van der Waals surface area contributed by atoms with Crippen LogP contribution in [0.5, 0.6) is 0 Å². The lowest BCUT2D eigenvalue weighted by atomic mass is 9.87. The molecule has 0 aliphatic carbocycles. The van der Waals surface area contributed by atoms with E-state index >= 15 is 0 Å². The Balaban J connectivity index is 2.28. The summed E-state index contributed by atoms with van der Waals surface area (Å²) in [5.41, 5.74) is 0. The Morgan fingerprint density at radius 3 is 1.98 bits per heavy atom. The largest absolute Gasteiger partial charge is 0.469 e. The van der Waals surface area contributed by atoms with Crippen LogP contribution in [0.1, 0.15) is 107 Å². The third-order valence-electron chi connectivity index (χ3n) is 13.1. The van der Waals surface area contributed by atoms with E-state index in [1.807, 2.05) is 0 Å². The molecule has 9 nitrogen and oxygen atoms in total. The summed E-state index contributed by atoms with van der Waals surface area (Å²) < 4.78 is 55.6. The van der Waals surface area contributed by atoms with E-state index < -0.39 is 61.3 Å². The molecule has 0 aromatic rings. The highest BCUT2D eigenvalue weighted by atomic mass is 127. The molecule has 8 atom stereocenters. The van der Waals surface area contributed by atoms with E-state index in [1.165, 1.54) is 7.11 Å². The summed E-state index contributed by atoms with van der Waals surface area (Å²) in [5, 5.41) is -0.306. The van der Waals surface area contributed by atoms with Crippen molar-refractivity contribution < 1.29 is 41.8 Å². The average Bonchev–Trinajstić information content (AvgIpc) is 3.11. The van der Waals surface area contributed by atoms with E-state index in [1.54, 1.807) is 0 Å². The molecule has 0 aromatic carbocycles. The van der Waals surface area contributed by atoms with Crippen LogP contribution in [-0.2, 0) is 41.8 Å². The number of fused-ring (bicyclic) bond motifs is 1. The van der Waals surface area contributed by atoms with Crippen molar-refractivity contribution in [3.63, 3.8) is 0 Å². The van der Waals surface area contributed by atoms with Gasteiger partial charge in [-0.3, -0.25) is 4.79 Å². The zero-order valence-corrected chi connectivity index (χ0v) is 43.2. The number of hydrogen-bond acceptors (Lipinski definition) is 9. The minimum absolute atomic E-state index is 0.0890. The predicted octanol–water partition coefficient (Wildman–Crippen LogP) is 10.9. The van der Waals surface area contributed by atoms with Crippen LogP contribution >= 0.6 is 34.2 Å². The second-order valence-corrected chi connectivity index (χ2v) is 35.5. The molecule has 3 rings (SSSR count). The number of carbonyl (C=O) groups excluding carboxylic acids is 1. The van der Waals surface area contributed by atoms with Gasteiger partial charge in [0.05, 0.1) is 39.0 Å². The van der Waals surface area contributed by atoms with Crippen molar-refractivity contribution in [2.24, 2.45) is 0 Å². The molecule has 0 saturated carbocycles. The molecule has 3 saturated heterocycles. The molecule has 3 fully saturated rings. The van der Waals surface area contributed by atoms with Gasteiger partial charge in [-0.05, 0) is 119 Å². The summed E-state index contributed by atoms with van der Waals surface area (Å²) in [6.45, 7) is 34.5. The molecule has 0 bridgehead atoms. The number of alkyl halides is 1. The first-order valence-corrected chi connectivity index (χ1v) is 30.9. The van der Waals surface area contributed by atoms with Gasteiger partial charge in [0.1, 0.15) is 30.5 Å². The van der Waals surface area contributed by atoms with Crippen molar-refractivity contribution in [3.05, 3.63) is 10.2 Å². The fraction of sp³-hybridized carbons (Fsp3) is 0.881. The topological polar surface area (TPSA) is 90.9 Å². The van der Waals surface area contributed by atoms with Crippen LogP contribution in [0.2, 0.25) is 54.4 Å². The van der Waals surface area contributed by atoms with E-state index in [4.69, 9.17) is 48.6 Å². The van der Waals surface area contributed by atoms with Crippen molar-refractivity contribution in [1.29, 1.82) is 0 Å². The van der Waals surface area contributed by atoms with Gasteiger partial charge in [0, 0.05) is 11.8 Å². The number of allylic oxidation sites excluding steroid dienone is 1. The smallest absolute Gasteiger partial charge is 0.308 e. The molecule has 0 spiro atoms. The maximum Gasteiger partial charge on any atom is 0.308 e. The maximum atomic E-state index is 12.5. The molecule has 0 N–H and O–H groups in total. The van der Waals surface area contributed by atoms with Gasteiger partial charge in [-0.15, -0.1) is 11.6 Å². The predicted molar refractivity (Wildman–Crippen MR) is 243 cm³/mol. The number of methoxy groups -OCH3 is 1. The zero-order chi connectivity index (χ0) is 42.3. The van der Waals surface area contributed by atoms with Crippen molar-refractivity contribution in [1.82, 2.24) is 0 Å². The lowest BCUT2D eigenvalue weighted by molar-refractivity contribution is -0.266. The van der Waals surface area contributed by atoms with Crippen LogP contribution in [0.25, 0.3) is 0 Å². The lowest BCUT2D eigenvalue weighted by Crippen LogP contribution is -2.69. The number of esters is 1. The molecule has 3 aliphatic rings. The van der Waals surface area contributed by atoms with Crippen LogP contribution in [0.15, 0.2) is 10.2 Å². The molecule has 5 unspecified atom stereocenters. The number of rotatable bonds is 17. The minimum atomic E-state index is -2.48. The van der Waals surface area contributed by atoms with Crippen molar-refractivity contribution >= 4 is 65.1 Å². The van der Waals surface area contributed by atoms with Gasteiger partial charge in [0.15, 0.2) is 25.0 Å². The van der Waals surface area contributed by atoms with E-state index in [0.29, 0.717) is 45.3 Å². The number of carbonyl (C=O) groups is 1. The summed E-state index contributed by atoms with van der Waals surface area (Å²) in [6.07, 6.45) is 0.847. The molecule has 0 amide bonds. The van der Waals surface area contributed by atoms with Gasteiger partial charge in [0.25, 0.3) is 0 Å². The first-order valence-electron chi connectivity index (χ1n) is 21.1. The second-order valence-electron chi connectivity index (χ2n) is 19.1. The fourth-order valence-corrected chi connectivity index (χ4v) is 13.5. The van der Waals surface area contributed by atoms with Crippen LogP contribution in [0, 0.1) is 11.8 Å². The van der Waals surface area contributed by atoms with Crippen molar-refractivity contribution in [2.75, 3.05) is 20.3 Å². The third-order valence-corrected chi connectivity index (χ3v) is 27.5. The molecule has 14 heteroatoms. The molecular weight excluding hydrogens is 895 g/mol. The van der Waals surface area contributed by atoms with Gasteiger partial charge >= 0.3 is 5.97 Å². The fourth-order valence-electron chi connectivity index (χ4n) is 7.12. The summed E-state index contributed by atoms with van der Waals surface area (Å²) in [6, 6.07) is 2.83. The minimum Gasteiger partial charge on any atom is -0.469 e. The number of ether oxygens (including phenoxy) is 5. The standard InChI is InChI=1S/C42H76ClIO9Si3/c1-16-56(17-2,18-3)51-34(23-25-42(47-26-19-27-48-42)24-22-31(43)28-30(4)44)37-39(53-55(14,15)41(8,9)10)38(52-54(12,13)40(5,6)7)36-33(50-37)21-20-32(49-36)29-35(45)46-11/h31-34,36-39H,4,16-22,24,26-29H2,1-3,5-15H3/t31-,32?,33+,34?,36+,37?,38?,39?/m1/s1. The van der Waals surface area contributed by atoms with Crippen molar-refractivity contribution in [3.8, 4) is 11.8 Å². The SMILES string of the molecule is C=C(I)C[C@H](Cl)CCC1(C#CC(O[Si](CC)(CC)CC)C2O[C@H]3CCC(CC(=O)OC)O[C@@H]3C(O[Si](C)(C)C(C)(C)C)C2O[Si](C)(C)C(C)(C)C)OCCCO1. The van der Waals surface area contributed by atoms with Crippen LogP contribution in [-0.4, -0.2) is 105 Å². The Labute approximate surface area is 362 Å². The van der Waals surface area contributed by atoms with Gasteiger partial charge in [-0.1, -0.05) is 74.8 Å². The number of hydrogen-bond donors (Lipinski definition) is 0. The Morgan fingerprint density at radius 2 is 1.48 bits per heavy atom. The van der Waals surface area contributed by atoms with Crippen molar-refractivity contribution in [2.45, 2.75) is 216 Å². The van der Waals surface area contributed by atoms with Gasteiger partial charge in [0.2, 0.25) is 5.79 Å². The molecular formula is C42H76ClIO9Si3.